The first-order chi connectivity index (χ1) is 7.87. The Balaban J connectivity index is 2.33. The first kappa shape index (κ1) is 12.0. The van der Waals surface area contributed by atoms with Gasteiger partial charge in [-0.05, 0) is 38.5 Å². The zero-order valence-electron chi connectivity index (χ0n) is 10.5. The highest BCUT2D eigenvalue weighted by Crippen LogP contribution is 2.18. The molecule has 0 aliphatic carbocycles. The molecule has 0 atom stereocenters. The summed E-state index contributed by atoms with van der Waals surface area (Å²) in [6.45, 7) is 3.99. The topological polar surface area (TPSA) is 43.8 Å². The van der Waals surface area contributed by atoms with E-state index in [1.807, 2.05) is 25.5 Å². The van der Waals surface area contributed by atoms with Crippen LogP contribution in [-0.4, -0.2) is 15.1 Å². The Morgan fingerprint density at radius 1 is 1.41 bits per heavy atom. The number of nitrogens with zero attached hydrogens (tertiary/aromatic N) is 2. The summed E-state index contributed by atoms with van der Waals surface area (Å²) in [5.74, 6) is 0.718. The van der Waals surface area contributed by atoms with E-state index in [4.69, 9.17) is 5.73 Å². The predicted molar refractivity (Wildman–Crippen MR) is 67.3 cm³/mol. The van der Waals surface area contributed by atoms with Gasteiger partial charge in [-0.2, -0.15) is 0 Å². The Bertz CT molecular complexity index is 537. The summed E-state index contributed by atoms with van der Waals surface area (Å²) in [7, 11) is 1.91. The number of imidazole rings is 1. The summed E-state index contributed by atoms with van der Waals surface area (Å²) >= 11 is 0. The molecule has 0 saturated heterocycles. The van der Waals surface area contributed by atoms with Crippen molar-refractivity contribution in [3.63, 3.8) is 0 Å². The maximum absolute atomic E-state index is 13.1. The van der Waals surface area contributed by atoms with Crippen LogP contribution in [0.1, 0.15) is 26.1 Å². The minimum absolute atomic E-state index is 0.205. The number of hydrogen-bond acceptors (Lipinski definition) is 2. The predicted octanol–water partition coefficient (Wildman–Crippen LogP) is 2.38. The number of fused-ring (bicyclic) bond motifs is 1. The summed E-state index contributed by atoms with van der Waals surface area (Å²) < 4.78 is 15.1. The Labute approximate surface area is 100 Å². The average Bonchev–Trinajstić information content (AvgIpc) is 2.52. The Kier molecular flexibility index (Phi) is 2.91. The maximum Gasteiger partial charge on any atom is 0.125 e. The van der Waals surface area contributed by atoms with Crippen molar-refractivity contribution in [3.8, 4) is 0 Å². The third kappa shape index (κ3) is 2.64. The van der Waals surface area contributed by atoms with Gasteiger partial charge in [0.25, 0.3) is 0 Å². The van der Waals surface area contributed by atoms with Gasteiger partial charge in [-0.25, -0.2) is 9.37 Å². The number of rotatable bonds is 3. The molecule has 0 fully saturated rings. The molecule has 0 aliphatic heterocycles. The van der Waals surface area contributed by atoms with Crippen LogP contribution in [0.2, 0.25) is 0 Å². The zero-order chi connectivity index (χ0) is 12.6. The molecule has 0 spiro atoms. The molecule has 0 saturated carbocycles. The van der Waals surface area contributed by atoms with E-state index >= 15 is 0 Å². The minimum Gasteiger partial charge on any atom is -0.331 e. The van der Waals surface area contributed by atoms with Crippen LogP contribution < -0.4 is 5.73 Å². The molecule has 0 aliphatic rings. The van der Waals surface area contributed by atoms with E-state index in [2.05, 4.69) is 4.98 Å². The number of aromatic nitrogens is 2. The van der Waals surface area contributed by atoms with Crippen molar-refractivity contribution in [1.29, 1.82) is 0 Å². The van der Waals surface area contributed by atoms with Crippen LogP contribution in [-0.2, 0) is 13.5 Å². The van der Waals surface area contributed by atoms with Crippen molar-refractivity contribution in [2.45, 2.75) is 32.2 Å². The number of hydrogen-bond donors (Lipinski definition) is 1. The Morgan fingerprint density at radius 3 is 2.76 bits per heavy atom. The van der Waals surface area contributed by atoms with Crippen LogP contribution in [0.4, 0.5) is 4.39 Å². The molecule has 4 heteroatoms. The van der Waals surface area contributed by atoms with Gasteiger partial charge in [0.15, 0.2) is 0 Å². The lowest BCUT2D eigenvalue weighted by molar-refractivity contribution is 0.468. The monoisotopic (exact) mass is 235 g/mol. The molecule has 0 bridgehead atoms. The van der Waals surface area contributed by atoms with Crippen LogP contribution >= 0.6 is 0 Å². The molecule has 1 aromatic heterocycles. The minimum atomic E-state index is -0.230. The van der Waals surface area contributed by atoms with E-state index in [-0.39, 0.29) is 11.4 Å². The number of aryl methyl sites for hydroxylation is 2. The van der Waals surface area contributed by atoms with Crippen LogP contribution in [0.25, 0.3) is 11.0 Å². The summed E-state index contributed by atoms with van der Waals surface area (Å²) in [4.78, 5) is 4.50. The molecular weight excluding hydrogens is 217 g/mol. The molecular formula is C13H18FN3. The van der Waals surface area contributed by atoms with Gasteiger partial charge < -0.3 is 10.3 Å². The fourth-order valence-electron chi connectivity index (χ4n) is 1.87. The normalized spacial score (nSPS) is 12.3. The van der Waals surface area contributed by atoms with Crippen molar-refractivity contribution in [3.05, 3.63) is 29.8 Å². The van der Waals surface area contributed by atoms with Gasteiger partial charge in [0.05, 0.1) is 11.0 Å². The van der Waals surface area contributed by atoms with E-state index in [0.29, 0.717) is 0 Å². The summed E-state index contributed by atoms with van der Waals surface area (Å²) in [6, 6.07) is 4.66. The van der Waals surface area contributed by atoms with Gasteiger partial charge in [0.2, 0.25) is 0 Å². The molecule has 92 valence electrons. The highest BCUT2D eigenvalue weighted by atomic mass is 19.1. The highest BCUT2D eigenvalue weighted by Gasteiger charge is 2.14. The van der Waals surface area contributed by atoms with Crippen LogP contribution in [0.5, 0.6) is 0 Å². The fourth-order valence-corrected chi connectivity index (χ4v) is 1.87. The van der Waals surface area contributed by atoms with Gasteiger partial charge in [0, 0.05) is 19.0 Å². The van der Waals surface area contributed by atoms with Gasteiger partial charge in [-0.1, -0.05) is 0 Å². The lowest BCUT2D eigenvalue weighted by Gasteiger charge is -2.17. The molecule has 3 nitrogen and oxygen atoms in total. The smallest absolute Gasteiger partial charge is 0.125 e. The van der Waals surface area contributed by atoms with E-state index in [9.17, 15) is 4.39 Å². The number of nitrogens with two attached hydrogens (primary N) is 1. The second kappa shape index (κ2) is 4.11. The zero-order valence-corrected chi connectivity index (χ0v) is 10.5. The fraction of sp³-hybridized carbons (Fsp3) is 0.462. The summed E-state index contributed by atoms with van der Waals surface area (Å²) in [5.41, 5.74) is 7.41. The molecule has 0 amide bonds. The molecule has 1 aromatic carbocycles. The third-order valence-corrected chi connectivity index (χ3v) is 2.93. The lowest BCUT2D eigenvalue weighted by atomic mass is 10.00. The molecule has 0 radical (unpaired) electrons. The van der Waals surface area contributed by atoms with Crippen molar-refractivity contribution in [2.75, 3.05) is 0 Å². The molecule has 2 N–H and O–H groups in total. The molecule has 1 heterocycles. The standard InChI is InChI=1S/C13H18FN3/c1-13(2,15)7-6-12-16-10-5-4-9(14)8-11(10)17(12)3/h4-5,8H,6-7,15H2,1-3H3. The van der Waals surface area contributed by atoms with Crippen LogP contribution in [0.3, 0.4) is 0 Å². The average molecular weight is 235 g/mol. The van der Waals surface area contributed by atoms with Crippen molar-refractivity contribution in [2.24, 2.45) is 12.8 Å². The highest BCUT2D eigenvalue weighted by molar-refractivity contribution is 5.75. The van der Waals surface area contributed by atoms with Gasteiger partial charge in [-0.15, -0.1) is 0 Å². The van der Waals surface area contributed by atoms with Gasteiger partial charge in [-0.3, -0.25) is 0 Å². The number of benzene rings is 1. The molecule has 0 unspecified atom stereocenters. The largest absolute Gasteiger partial charge is 0.331 e. The van der Waals surface area contributed by atoms with Crippen molar-refractivity contribution in [1.82, 2.24) is 9.55 Å². The maximum atomic E-state index is 13.1. The van der Waals surface area contributed by atoms with E-state index < -0.39 is 0 Å². The summed E-state index contributed by atoms with van der Waals surface area (Å²) in [6.07, 6.45) is 1.66. The molecule has 2 aromatic rings. The molecule has 2 rings (SSSR count). The van der Waals surface area contributed by atoms with E-state index in [1.165, 1.54) is 12.1 Å². The second-order valence-corrected chi connectivity index (χ2v) is 5.21. The van der Waals surface area contributed by atoms with Crippen LogP contribution in [0, 0.1) is 5.82 Å². The second-order valence-electron chi connectivity index (χ2n) is 5.21. The molecule has 17 heavy (non-hydrogen) atoms. The van der Waals surface area contributed by atoms with Crippen molar-refractivity contribution >= 4 is 11.0 Å². The number of halogens is 1. The van der Waals surface area contributed by atoms with Crippen LogP contribution in [0.15, 0.2) is 18.2 Å². The van der Waals surface area contributed by atoms with E-state index in [1.54, 1.807) is 6.07 Å². The Morgan fingerprint density at radius 2 is 2.12 bits per heavy atom. The first-order valence-electron chi connectivity index (χ1n) is 5.76. The third-order valence-electron chi connectivity index (χ3n) is 2.93. The lowest BCUT2D eigenvalue weighted by Crippen LogP contribution is -2.32. The van der Waals surface area contributed by atoms with Gasteiger partial charge in [0.1, 0.15) is 11.6 Å². The summed E-state index contributed by atoms with van der Waals surface area (Å²) in [5, 5.41) is 0. The SMILES string of the molecule is Cn1c(CCC(C)(C)N)nc2ccc(F)cc21. The first-order valence-corrected chi connectivity index (χ1v) is 5.76. The van der Waals surface area contributed by atoms with Gasteiger partial charge >= 0.3 is 0 Å². The Hall–Kier alpha value is -1.42. The van der Waals surface area contributed by atoms with Crippen molar-refractivity contribution < 1.29 is 4.39 Å². The van der Waals surface area contributed by atoms with E-state index in [0.717, 1.165) is 29.7 Å². The quantitative estimate of drug-likeness (QED) is 0.887.